The summed E-state index contributed by atoms with van der Waals surface area (Å²) in [5, 5.41) is 9.35. The fraction of sp³-hybridized carbons (Fsp3) is 0.440. The van der Waals surface area contributed by atoms with Crippen molar-refractivity contribution in [2.24, 2.45) is 7.05 Å². The molecule has 3 atom stereocenters. The SMILES string of the molecule is CCC1CN(c2nc(=O)n(C)c3ccc(C#N)nc23)[C@@H](C)CN1C(CC)c1ccc(F)c(F)c1. The average molecular weight is 467 g/mol. The Hall–Kier alpha value is -3.38. The van der Waals surface area contributed by atoms with Crippen LogP contribution in [0.3, 0.4) is 0 Å². The molecule has 0 amide bonds. The number of rotatable bonds is 5. The van der Waals surface area contributed by atoms with Crippen molar-refractivity contribution in [1.82, 2.24) is 19.4 Å². The van der Waals surface area contributed by atoms with E-state index >= 15 is 0 Å². The van der Waals surface area contributed by atoms with Crippen molar-refractivity contribution < 1.29 is 8.78 Å². The maximum atomic E-state index is 14.0. The minimum Gasteiger partial charge on any atom is -0.349 e. The number of nitriles is 1. The first-order valence-electron chi connectivity index (χ1n) is 11.5. The Bertz CT molecular complexity index is 1320. The highest BCUT2D eigenvalue weighted by atomic mass is 19.2. The standard InChI is InChI=1S/C25H28F2N6O/c1-5-18-14-32(24-23-22(31(4)25(34)30-24)10-8-17(12-28)29-23)15(3)13-33(18)21(6-2)16-7-9-19(26)20(27)11-16/h7-11,15,18,21H,5-6,13-14H2,1-4H3/t15-,18?,21?/m0/s1. The molecule has 0 bridgehead atoms. The van der Waals surface area contributed by atoms with Gasteiger partial charge in [0.15, 0.2) is 17.5 Å². The van der Waals surface area contributed by atoms with Crippen LogP contribution >= 0.6 is 0 Å². The molecular weight excluding hydrogens is 438 g/mol. The van der Waals surface area contributed by atoms with Crippen LogP contribution in [-0.4, -0.2) is 44.6 Å². The fourth-order valence-electron chi connectivity index (χ4n) is 4.96. The highest BCUT2D eigenvalue weighted by Crippen LogP contribution is 2.34. The lowest BCUT2D eigenvalue weighted by Gasteiger charge is -2.49. The summed E-state index contributed by atoms with van der Waals surface area (Å²) in [6.45, 7) is 7.41. The van der Waals surface area contributed by atoms with E-state index in [1.54, 1.807) is 25.2 Å². The van der Waals surface area contributed by atoms with E-state index < -0.39 is 11.6 Å². The van der Waals surface area contributed by atoms with E-state index in [0.717, 1.165) is 18.4 Å². The molecular formula is C25H28F2N6O. The van der Waals surface area contributed by atoms with Crippen LogP contribution in [0, 0.1) is 23.0 Å². The van der Waals surface area contributed by atoms with Crippen LogP contribution in [0.15, 0.2) is 35.1 Å². The van der Waals surface area contributed by atoms with Crippen LogP contribution < -0.4 is 10.6 Å². The van der Waals surface area contributed by atoms with Gasteiger partial charge in [-0.15, -0.1) is 0 Å². The molecule has 1 aromatic carbocycles. The normalized spacial score (nSPS) is 19.9. The van der Waals surface area contributed by atoms with Crippen molar-refractivity contribution in [2.75, 3.05) is 18.0 Å². The Balaban J connectivity index is 1.74. The van der Waals surface area contributed by atoms with E-state index in [4.69, 9.17) is 0 Å². The zero-order valence-electron chi connectivity index (χ0n) is 19.8. The highest BCUT2D eigenvalue weighted by molar-refractivity contribution is 5.86. The van der Waals surface area contributed by atoms with Crippen LogP contribution in [0.1, 0.15) is 50.9 Å². The second-order valence-electron chi connectivity index (χ2n) is 8.81. The van der Waals surface area contributed by atoms with E-state index in [9.17, 15) is 18.8 Å². The molecule has 1 aliphatic rings. The first-order valence-corrected chi connectivity index (χ1v) is 11.5. The van der Waals surface area contributed by atoms with Gasteiger partial charge in [-0.2, -0.15) is 10.2 Å². The summed E-state index contributed by atoms with van der Waals surface area (Å²) in [6.07, 6.45) is 1.57. The number of benzene rings is 1. The molecule has 34 heavy (non-hydrogen) atoms. The Morgan fingerprint density at radius 1 is 1.15 bits per heavy atom. The largest absolute Gasteiger partial charge is 0.349 e. The van der Waals surface area contributed by atoms with Crippen molar-refractivity contribution in [2.45, 2.75) is 51.7 Å². The van der Waals surface area contributed by atoms with E-state index in [1.807, 2.05) is 6.92 Å². The first-order chi connectivity index (χ1) is 16.3. The van der Waals surface area contributed by atoms with Gasteiger partial charge < -0.3 is 4.90 Å². The molecule has 1 saturated heterocycles. The van der Waals surface area contributed by atoms with Gasteiger partial charge in [-0.3, -0.25) is 9.47 Å². The van der Waals surface area contributed by atoms with E-state index in [1.165, 1.54) is 16.7 Å². The van der Waals surface area contributed by atoms with Gasteiger partial charge in [0.25, 0.3) is 0 Å². The van der Waals surface area contributed by atoms with Gasteiger partial charge in [0.2, 0.25) is 0 Å². The number of fused-ring (bicyclic) bond motifs is 1. The molecule has 2 unspecified atom stereocenters. The van der Waals surface area contributed by atoms with Crippen molar-refractivity contribution >= 4 is 16.9 Å². The van der Waals surface area contributed by atoms with Gasteiger partial charge in [0.05, 0.1) is 5.52 Å². The van der Waals surface area contributed by atoms with Crippen molar-refractivity contribution in [3.8, 4) is 6.07 Å². The molecule has 0 N–H and O–H groups in total. The Kier molecular flexibility index (Phi) is 6.62. The van der Waals surface area contributed by atoms with Crippen molar-refractivity contribution in [1.29, 1.82) is 5.26 Å². The number of anilines is 1. The third-order valence-electron chi connectivity index (χ3n) is 6.79. The summed E-state index contributed by atoms with van der Waals surface area (Å²) in [4.78, 5) is 25.9. The minimum atomic E-state index is -0.850. The molecule has 0 spiro atoms. The molecule has 0 saturated carbocycles. The molecule has 1 fully saturated rings. The molecule has 2 aromatic heterocycles. The summed E-state index contributed by atoms with van der Waals surface area (Å²) >= 11 is 0. The van der Waals surface area contributed by atoms with Gasteiger partial charge in [-0.25, -0.2) is 18.6 Å². The third-order valence-corrected chi connectivity index (χ3v) is 6.79. The van der Waals surface area contributed by atoms with E-state index in [-0.39, 0.29) is 29.5 Å². The van der Waals surface area contributed by atoms with Crippen molar-refractivity contribution in [3.63, 3.8) is 0 Å². The van der Waals surface area contributed by atoms with Gasteiger partial charge >= 0.3 is 5.69 Å². The molecule has 3 aromatic rings. The molecule has 178 valence electrons. The van der Waals surface area contributed by atoms with Crippen LogP contribution in [0.4, 0.5) is 14.6 Å². The van der Waals surface area contributed by atoms with Crippen LogP contribution in [-0.2, 0) is 7.05 Å². The molecule has 9 heteroatoms. The molecule has 1 aliphatic heterocycles. The summed E-state index contributed by atoms with van der Waals surface area (Å²) in [5.41, 5.74) is 1.76. The monoisotopic (exact) mass is 466 g/mol. The Labute approximate surface area is 197 Å². The number of pyridine rings is 1. The number of aryl methyl sites for hydroxylation is 1. The lowest BCUT2D eigenvalue weighted by Crippen LogP contribution is -2.58. The summed E-state index contributed by atoms with van der Waals surface area (Å²) in [7, 11) is 1.64. The molecule has 0 aliphatic carbocycles. The molecule has 0 radical (unpaired) electrons. The maximum Gasteiger partial charge on any atom is 0.349 e. The van der Waals surface area contributed by atoms with Gasteiger partial charge in [-0.1, -0.05) is 19.9 Å². The summed E-state index contributed by atoms with van der Waals surface area (Å²) in [5.74, 6) is -1.22. The fourth-order valence-corrected chi connectivity index (χ4v) is 4.96. The van der Waals surface area contributed by atoms with Crippen LogP contribution in [0.2, 0.25) is 0 Å². The van der Waals surface area contributed by atoms with Crippen LogP contribution in [0.5, 0.6) is 0 Å². The highest BCUT2D eigenvalue weighted by Gasteiger charge is 2.36. The number of aromatic nitrogens is 3. The smallest absolute Gasteiger partial charge is 0.349 e. The molecule has 3 heterocycles. The zero-order valence-corrected chi connectivity index (χ0v) is 19.8. The van der Waals surface area contributed by atoms with E-state index in [0.29, 0.717) is 29.9 Å². The zero-order chi connectivity index (χ0) is 24.6. The topological polar surface area (TPSA) is 78.0 Å². The molecule has 7 nitrogen and oxygen atoms in total. The second-order valence-corrected chi connectivity index (χ2v) is 8.81. The predicted octanol–water partition coefficient (Wildman–Crippen LogP) is 3.92. The first kappa shape index (κ1) is 23.8. The third kappa shape index (κ3) is 4.14. The van der Waals surface area contributed by atoms with Crippen LogP contribution in [0.25, 0.3) is 11.0 Å². The number of hydrogen-bond acceptors (Lipinski definition) is 6. The second kappa shape index (κ2) is 9.47. The number of piperazine rings is 1. The minimum absolute atomic E-state index is 0.0301. The van der Waals surface area contributed by atoms with Crippen molar-refractivity contribution in [3.05, 3.63) is 63.7 Å². The van der Waals surface area contributed by atoms with Gasteiger partial charge in [-0.05, 0) is 49.6 Å². The lowest BCUT2D eigenvalue weighted by molar-refractivity contribution is 0.0937. The average Bonchev–Trinajstić information content (AvgIpc) is 2.84. The Morgan fingerprint density at radius 2 is 1.91 bits per heavy atom. The lowest BCUT2D eigenvalue weighted by atomic mass is 9.96. The number of halogens is 2. The van der Waals surface area contributed by atoms with Gasteiger partial charge in [0, 0.05) is 38.3 Å². The number of hydrogen-bond donors (Lipinski definition) is 0. The Morgan fingerprint density at radius 3 is 2.56 bits per heavy atom. The predicted molar refractivity (Wildman–Crippen MR) is 126 cm³/mol. The summed E-state index contributed by atoms with van der Waals surface area (Å²) in [6, 6.07) is 9.49. The summed E-state index contributed by atoms with van der Waals surface area (Å²) < 4.78 is 29.0. The molecule has 4 rings (SSSR count). The van der Waals surface area contributed by atoms with Gasteiger partial charge in [0.1, 0.15) is 17.3 Å². The van der Waals surface area contributed by atoms with E-state index in [2.05, 4.69) is 39.7 Å². The number of nitrogens with zero attached hydrogens (tertiary/aromatic N) is 6. The quantitative estimate of drug-likeness (QED) is 0.567. The maximum absolute atomic E-state index is 14.0.